The Morgan fingerprint density at radius 1 is 1.00 bits per heavy atom. The zero-order chi connectivity index (χ0) is 9.10. The van der Waals surface area contributed by atoms with E-state index in [-0.39, 0.29) is 0 Å². The first-order chi connectivity index (χ1) is 6.36. The Hall–Kier alpha value is -0.340. The molecule has 0 fully saturated rings. The predicted octanol–water partition coefficient (Wildman–Crippen LogP) is 4.07. The fourth-order valence-electron chi connectivity index (χ4n) is 1.28. The van der Waals surface area contributed by atoms with Crippen LogP contribution < -0.4 is 0 Å². The van der Waals surface area contributed by atoms with Gasteiger partial charge >= 0.3 is 0 Å². The van der Waals surface area contributed by atoms with Crippen molar-refractivity contribution in [2.45, 2.75) is 17.4 Å². The van der Waals surface area contributed by atoms with Crippen molar-refractivity contribution < 1.29 is 0 Å². The first-order valence-corrected chi connectivity index (χ1v) is 6.69. The predicted molar refractivity (Wildman–Crippen MR) is 63.0 cm³/mol. The lowest BCUT2D eigenvalue weighted by molar-refractivity contribution is 1.17. The molecule has 1 aliphatic heterocycles. The van der Waals surface area contributed by atoms with Crippen molar-refractivity contribution in [3.8, 4) is 0 Å². The summed E-state index contributed by atoms with van der Waals surface area (Å²) in [4.78, 5) is 0. The van der Waals surface area contributed by atoms with Crippen molar-refractivity contribution in [2.24, 2.45) is 0 Å². The third-order valence-corrected chi connectivity index (χ3v) is 5.07. The molecular formula is C11H12S2. The van der Waals surface area contributed by atoms with Crippen molar-refractivity contribution in [1.82, 2.24) is 0 Å². The van der Waals surface area contributed by atoms with E-state index in [1.54, 1.807) is 0 Å². The summed E-state index contributed by atoms with van der Waals surface area (Å²) in [5.41, 5.74) is 1.41. The standard InChI is InChI=1S/C11H12S2/c1-9-7-8-11(13-12-9)10-5-3-2-4-6-10/h2-9,11H,1H3. The number of rotatable bonds is 1. The van der Waals surface area contributed by atoms with Gasteiger partial charge in [0.15, 0.2) is 0 Å². The van der Waals surface area contributed by atoms with Crippen LogP contribution in [0.25, 0.3) is 0 Å². The average Bonchev–Trinajstić information content (AvgIpc) is 2.20. The highest BCUT2D eigenvalue weighted by Gasteiger charge is 2.14. The summed E-state index contributed by atoms with van der Waals surface area (Å²) in [6.07, 6.45) is 4.60. The largest absolute Gasteiger partial charge is 0.0859 e. The summed E-state index contributed by atoms with van der Waals surface area (Å²) < 4.78 is 0. The van der Waals surface area contributed by atoms with Crippen molar-refractivity contribution in [3.05, 3.63) is 48.0 Å². The van der Waals surface area contributed by atoms with Gasteiger partial charge in [-0.15, -0.1) is 0 Å². The van der Waals surface area contributed by atoms with E-state index >= 15 is 0 Å². The number of hydrogen-bond acceptors (Lipinski definition) is 2. The molecule has 2 rings (SSSR count). The summed E-state index contributed by atoms with van der Waals surface area (Å²) in [7, 11) is 3.91. The quantitative estimate of drug-likeness (QED) is 0.504. The topological polar surface area (TPSA) is 0 Å². The molecular weight excluding hydrogens is 196 g/mol. The molecule has 0 saturated heterocycles. The van der Waals surface area contributed by atoms with Crippen LogP contribution in [0, 0.1) is 0 Å². The van der Waals surface area contributed by atoms with Crippen LogP contribution in [0.4, 0.5) is 0 Å². The summed E-state index contributed by atoms with van der Waals surface area (Å²) >= 11 is 0. The van der Waals surface area contributed by atoms with Crippen molar-refractivity contribution in [3.63, 3.8) is 0 Å². The molecule has 0 aromatic heterocycles. The van der Waals surface area contributed by atoms with Crippen LogP contribution in [0.5, 0.6) is 0 Å². The molecule has 0 spiro atoms. The van der Waals surface area contributed by atoms with Gasteiger partial charge in [0.2, 0.25) is 0 Å². The van der Waals surface area contributed by atoms with Gasteiger partial charge in [-0.1, -0.05) is 64.1 Å². The van der Waals surface area contributed by atoms with E-state index in [4.69, 9.17) is 0 Å². The third kappa shape index (κ3) is 2.32. The number of benzene rings is 1. The summed E-state index contributed by atoms with van der Waals surface area (Å²) in [6, 6.07) is 10.7. The first kappa shape index (κ1) is 9.22. The normalized spacial score (nSPS) is 27.5. The Balaban J connectivity index is 2.15. The highest BCUT2D eigenvalue weighted by molar-refractivity contribution is 8.77. The molecule has 1 heterocycles. The van der Waals surface area contributed by atoms with Gasteiger partial charge in [-0.25, -0.2) is 0 Å². The maximum atomic E-state index is 2.31. The summed E-state index contributed by atoms with van der Waals surface area (Å²) in [6.45, 7) is 2.23. The SMILES string of the molecule is CC1C=CC(c2ccccc2)SS1. The van der Waals surface area contributed by atoms with Crippen LogP contribution >= 0.6 is 21.6 Å². The Morgan fingerprint density at radius 3 is 2.38 bits per heavy atom. The van der Waals surface area contributed by atoms with E-state index in [9.17, 15) is 0 Å². The Bertz CT molecular complexity index is 292. The molecule has 68 valence electrons. The minimum Gasteiger partial charge on any atom is -0.0859 e. The molecule has 0 bridgehead atoms. The molecule has 0 aliphatic carbocycles. The highest BCUT2D eigenvalue weighted by atomic mass is 33.1. The Morgan fingerprint density at radius 2 is 1.77 bits per heavy atom. The lowest BCUT2D eigenvalue weighted by Crippen LogP contribution is -1.97. The monoisotopic (exact) mass is 208 g/mol. The van der Waals surface area contributed by atoms with E-state index in [1.165, 1.54) is 5.56 Å². The summed E-state index contributed by atoms with van der Waals surface area (Å²) in [5, 5.41) is 1.20. The van der Waals surface area contributed by atoms with E-state index in [1.807, 2.05) is 21.6 Å². The molecule has 2 unspecified atom stereocenters. The first-order valence-electron chi connectivity index (χ1n) is 4.41. The molecule has 2 atom stereocenters. The van der Waals surface area contributed by atoms with Gasteiger partial charge in [-0.05, 0) is 12.5 Å². The second-order valence-electron chi connectivity index (χ2n) is 3.11. The molecule has 0 nitrogen and oxygen atoms in total. The smallest absolute Gasteiger partial charge is 0.0581 e. The lowest BCUT2D eigenvalue weighted by atomic mass is 10.1. The van der Waals surface area contributed by atoms with Crippen LogP contribution in [-0.4, -0.2) is 5.25 Å². The van der Waals surface area contributed by atoms with Crippen LogP contribution in [0.1, 0.15) is 17.7 Å². The maximum Gasteiger partial charge on any atom is 0.0581 e. The number of hydrogen-bond donors (Lipinski definition) is 0. The second-order valence-corrected chi connectivity index (χ2v) is 5.90. The van der Waals surface area contributed by atoms with Gasteiger partial charge in [-0.3, -0.25) is 0 Å². The van der Waals surface area contributed by atoms with Gasteiger partial charge in [0.25, 0.3) is 0 Å². The zero-order valence-electron chi connectivity index (χ0n) is 7.51. The minimum atomic E-state index is 0.544. The molecule has 1 aromatic rings. The Kier molecular flexibility index (Phi) is 3.01. The second kappa shape index (κ2) is 4.25. The molecule has 0 saturated carbocycles. The van der Waals surface area contributed by atoms with E-state index in [0.29, 0.717) is 10.5 Å². The van der Waals surface area contributed by atoms with Crippen LogP contribution in [0.3, 0.4) is 0 Å². The van der Waals surface area contributed by atoms with Gasteiger partial charge in [0.05, 0.1) is 5.25 Å². The van der Waals surface area contributed by atoms with Crippen LogP contribution in [0.2, 0.25) is 0 Å². The zero-order valence-corrected chi connectivity index (χ0v) is 9.15. The van der Waals surface area contributed by atoms with Crippen molar-refractivity contribution in [1.29, 1.82) is 0 Å². The Labute approximate surface area is 87.2 Å². The van der Waals surface area contributed by atoms with Crippen LogP contribution in [0.15, 0.2) is 42.5 Å². The summed E-state index contributed by atoms with van der Waals surface area (Å²) in [5.74, 6) is 0. The molecule has 0 amide bonds. The maximum absolute atomic E-state index is 2.31. The third-order valence-electron chi connectivity index (χ3n) is 2.00. The molecule has 1 aromatic carbocycles. The van der Waals surface area contributed by atoms with Crippen molar-refractivity contribution in [2.75, 3.05) is 0 Å². The highest BCUT2D eigenvalue weighted by Crippen LogP contribution is 2.45. The van der Waals surface area contributed by atoms with E-state index < -0.39 is 0 Å². The fourth-order valence-corrected chi connectivity index (χ4v) is 3.75. The van der Waals surface area contributed by atoms with Gasteiger partial charge in [0.1, 0.15) is 0 Å². The van der Waals surface area contributed by atoms with Crippen molar-refractivity contribution >= 4 is 21.6 Å². The van der Waals surface area contributed by atoms with E-state index in [2.05, 4.69) is 49.4 Å². The van der Waals surface area contributed by atoms with Gasteiger partial charge in [0, 0.05) is 5.25 Å². The van der Waals surface area contributed by atoms with Gasteiger partial charge in [-0.2, -0.15) is 0 Å². The minimum absolute atomic E-state index is 0.544. The van der Waals surface area contributed by atoms with Gasteiger partial charge < -0.3 is 0 Å². The molecule has 13 heavy (non-hydrogen) atoms. The van der Waals surface area contributed by atoms with Crippen LogP contribution in [-0.2, 0) is 0 Å². The molecule has 2 heteroatoms. The fraction of sp³-hybridized carbons (Fsp3) is 0.273. The average molecular weight is 208 g/mol. The molecule has 0 N–H and O–H groups in total. The molecule has 0 radical (unpaired) electrons. The van der Waals surface area contributed by atoms with E-state index in [0.717, 1.165) is 0 Å². The lowest BCUT2D eigenvalue weighted by Gasteiger charge is -2.19. The molecule has 1 aliphatic rings.